The van der Waals surface area contributed by atoms with E-state index in [1.165, 1.54) is 0 Å². The van der Waals surface area contributed by atoms with Crippen LogP contribution in [0.4, 0.5) is 0 Å². The third kappa shape index (κ3) is 2.14. The lowest BCUT2D eigenvalue weighted by Crippen LogP contribution is -1.78. The molecule has 0 atom stereocenters. The standard InChI is InChI=1S/C24H13ClO2/c25-19-5-3-7-23-24(19)18-13-15(9-11-22(18)27-23)14-8-10-21-17(12-14)16-4-1-2-6-20(16)26-21/h1-13H. The molecule has 0 aliphatic carbocycles. The number of furan rings is 2. The van der Waals surface area contributed by atoms with Gasteiger partial charge in [0.05, 0.1) is 5.02 Å². The fourth-order valence-corrected chi connectivity index (χ4v) is 4.14. The van der Waals surface area contributed by atoms with E-state index in [4.69, 9.17) is 20.4 Å². The normalized spacial score (nSPS) is 11.9. The maximum absolute atomic E-state index is 6.43. The van der Waals surface area contributed by atoms with Crippen LogP contribution in [0.3, 0.4) is 0 Å². The zero-order valence-electron chi connectivity index (χ0n) is 14.2. The molecule has 128 valence electrons. The average molecular weight is 369 g/mol. The van der Waals surface area contributed by atoms with Crippen molar-refractivity contribution in [1.82, 2.24) is 0 Å². The molecule has 0 aliphatic rings. The predicted octanol–water partition coefficient (Wildman–Crippen LogP) is 7.81. The summed E-state index contributed by atoms with van der Waals surface area (Å²) in [7, 11) is 0. The van der Waals surface area contributed by atoms with Crippen molar-refractivity contribution in [2.45, 2.75) is 0 Å². The summed E-state index contributed by atoms with van der Waals surface area (Å²) < 4.78 is 11.9. The molecule has 2 aromatic heterocycles. The predicted molar refractivity (Wildman–Crippen MR) is 111 cm³/mol. The first kappa shape index (κ1) is 14.9. The molecule has 0 saturated carbocycles. The van der Waals surface area contributed by atoms with E-state index in [0.717, 1.165) is 55.0 Å². The van der Waals surface area contributed by atoms with Crippen LogP contribution in [0.2, 0.25) is 5.02 Å². The maximum Gasteiger partial charge on any atom is 0.136 e. The van der Waals surface area contributed by atoms with Gasteiger partial charge in [0.25, 0.3) is 0 Å². The molecule has 27 heavy (non-hydrogen) atoms. The Balaban J connectivity index is 1.62. The van der Waals surface area contributed by atoms with Crippen LogP contribution in [-0.2, 0) is 0 Å². The third-order valence-corrected chi connectivity index (χ3v) is 5.47. The molecule has 0 bridgehead atoms. The van der Waals surface area contributed by atoms with Gasteiger partial charge in [-0.05, 0) is 53.6 Å². The zero-order valence-corrected chi connectivity index (χ0v) is 15.0. The third-order valence-electron chi connectivity index (χ3n) is 5.15. The van der Waals surface area contributed by atoms with Gasteiger partial charge in [-0.25, -0.2) is 0 Å². The van der Waals surface area contributed by atoms with Gasteiger partial charge in [-0.3, -0.25) is 0 Å². The van der Waals surface area contributed by atoms with Gasteiger partial charge in [-0.1, -0.05) is 48.0 Å². The monoisotopic (exact) mass is 368 g/mol. The summed E-state index contributed by atoms with van der Waals surface area (Å²) in [5, 5.41) is 4.96. The molecule has 0 fully saturated rings. The van der Waals surface area contributed by atoms with Gasteiger partial charge in [0.15, 0.2) is 0 Å². The molecule has 6 rings (SSSR count). The van der Waals surface area contributed by atoms with Crippen molar-refractivity contribution in [1.29, 1.82) is 0 Å². The lowest BCUT2D eigenvalue weighted by atomic mass is 10.0. The van der Waals surface area contributed by atoms with Crippen molar-refractivity contribution in [3.8, 4) is 11.1 Å². The van der Waals surface area contributed by atoms with Crippen molar-refractivity contribution in [2.75, 3.05) is 0 Å². The van der Waals surface area contributed by atoms with Crippen molar-refractivity contribution in [2.24, 2.45) is 0 Å². The Hall–Kier alpha value is -3.23. The summed E-state index contributed by atoms with van der Waals surface area (Å²) >= 11 is 6.43. The van der Waals surface area contributed by atoms with E-state index in [0.29, 0.717) is 5.02 Å². The number of rotatable bonds is 1. The quantitative estimate of drug-likeness (QED) is 0.296. The zero-order chi connectivity index (χ0) is 18.0. The van der Waals surface area contributed by atoms with Crippen LogP contribution in [0.5, 0.6) is 0 Å². The minimum atomic E-state index is 0.708. The van der Waals surface area contributed by atoms with Crippen molar-refractivity contribution in [3.63, 3.8) is 0 Å². The molecule has 0 aliphatic heterocycles. The SMILES string of the molecule is Clc1cccc2oc3ccc(-c4ccc5oc6ccccc6c5c4)cc3c12. The van der Waals surface area contributed by atoms with E-state index in [-0.39, 0.29) is 0 Å². The Kier molecular flexibility index (Phi) is 2.97. The molecule has 0 spiro atoms. The van der Waals surface area contributed by atoms with E-state index < -0.39 is 0 Å². The van der Waals surface area contributed by atoms with Gasteiger partial charge in [-0.2, -0.15) is 0 Å². The summed E-state index contributed by atoms with van der Waals surface area (Å²) in [6.45, 7) is 0. The van der Waals surface area contributed by atoms with Crippen LogP contribution in [-0.4, -0.2) is 0 Å². The van der Waals surface area contributed by atoms with Crippen LogP contribution < -0.4 is 0 Å². The second-order valence-corrected chi connectivity index (χ2v) is 7.14. The number of hydrogen-bond donors (Lipinski definition) is 0. The maximum atomic E-state index is 6.43. The molecule has 0 saturated heterocycles. The van der Waals surface area contributed by atoms with Gasteiger partial charge >= 0.3 is 0 Å². The van der Waals surface area contributed by atoms with E-state index >= 15 is 0 Å². The summed E-state index contributed by atoms with van der Waals surface area (Å²) in [6, 6.07) is 26.4. The fraction of sp³-hybridized carbons (Fsp3) is 0. The van der Waals surface area contributed by atoms with Gasteiger partial charge < -0.3 is 8.83 Å². The van der Waals surface area contributed by atoms with Crippen molar-refractivity contribution in [3.05, 3.63) is 83.9 Å². The fourth-order valence-electron chi connectivity index (χ4n) is 3.87. The van der Waals surface area contributed by atoms with Gasteiger partial charge in [0.2, 0.25) is 0 Å². The molecule has 2 heterocycles. The Bertz CT molecular complexity index is 1490. The van der Waals surface area contributed by atoms with Crippen molar-refractivity contribution < 1.29 is 8.83 Å². The second-order valence-electron chi connectivity index (χ2n) is 6.74. The Morgan fingerprint density at radius 2 is 1.15 bits per heavy atom. The second kappa shape index (κ2) is 5.38. The van der Waals surface area contributed by atoms with Gasteiger partial charge in [0.1, 0.15) is 22.3 Å². The molecular formula is C24H13ClO2. The number of para-hydroxylation sites is 1. The van der Waals surface area contributed by atoms with E-state index in [2.05, 4.69) is 30.3 Å². The van der Waals surface area contributed by atoms with Crippen LogP contribution >= 0.6 is 11.6 Å². The lowest BCUT2D eigenvalue weighted by molar-refractivity contribution is 0.668. The molecule has 0 unspecified atom stereocenters. The van der Waals surface area contributed by atoms with Crippen LogP contribution in [0.1, 0.15) is 0 Å². The number of halogens is 1. The van der Waals surface area contributed by atoms with E-state index in [9.17, 15) is 0 Å². The van der Waals surface area contributed by atoms with E-state index in [1.807, 2.05) is 48.5 Å². The lowest BCUT2D eigenvalue weighted by Gasteiger charge is -2.02. The summed E-state index contributed by atoms with van der Waals surface area (Å²) in [4.78, 5) is 0. The summed E-state index contributed by atoms with van der Waals surface area (Å²) in [5.41, 5.74) is 5.72. The Labute approximate surface area is 159 Å². The molecule has 3 heteroatoms. The highest BCUT2D eigenvalue weighted by molar-refractivity contribution is 6.37. The number of fused-ring (bicyclic) bond motifs is 6. The molecular weight excluding hydrogens is 356 g/mol. The Morgan fingerprint density at radius 3 is 2.00 bits per heavy atom. The number of benzene rings is 4. The first-order valence-corrected chi connectivity index (χ1v) is 9.18. The Morgan fingerprint density at radius 1 is 0.519 bits per heavy atom. The highest BCUT2D eigenvalue weighted by Gasteiger charge is 2.12. The summed E-state index contributed by atoms with van der Waals surface area (Å²) in [5.74, 6) is 0. The minimum Gasteiger partial charge on any atom is -0.456 e. The van der Waals surface area contributed by atoms with Crippen LogP contribution in [0.15, 0.2) is 87.7 Å². The van der Waals surface area contributed by atoms with Crippen molar-refractivity contribution >= 4 is 55.5 Å². The molecule has 0 amide bonds. The molecule has 0 N–H and O–H groups in total. The highest BCUT2D eigenvalue weighted by atomic mass is 35.5. The first-order valence-electron chi connectivity index (χ1n) is 8.80. The van der Waals surface area contributed by atoms with Crippen LogP contribution in [0.25, 0.3) is 55.0 Å². The van der Waals surface area contributed by atoms with E-state index in [1.54, 1.807) is 0 Å². The summed E-state index contributed by atoms with van der Waals surface area (Å²) in [6.07, 6.45) is 0. The topological polar surface area (TPSA) is 26.3 Å². The molecule has 2 nitrogen and oxygen atoms in total. The molecule has 4 aromatic carbocycles. The highest BCUT2D eigenvalue weighted by Crippen LogP contribution is 2.37. The first-order chi connectivity index (χ1) is 13.3. The largest absolute Gasteiger partial charge is 0.456 e. The minimum absolute atomic E-state index is 0.708. The number of hydrogen-bond acceptors (Lipinski definition) is 2. The van der Waals surface area contributed by atoms with Gasteiger partial charge in [-0.15, -0.1) is 0 Å². The molecule has 6 aromatic rings. The van der Waals surface area contributed by atoms with Gasteiger partial charge in [0, 0.05) is 21.5 Å². The molecule has 0 radical (unpaired) electrons. The average Bonchev–Trinajstić information content (AvgIpc) is 3.25. The smallest absolute Gasteiger partial charge is 0.136 e. The van der Waals surface area contributed by atoms with Crippen LogP contribution in [0, 0.1) is 0 Å².